The van der Waals surface area contributed by atoms with E-state index in [-0.39, 0.29) is 5.56 Å². The van der Waals surface area contributed by atoms with Gasteiger partial charge in [0.1, 0.15) is 5.75 Å². The zero-order valence-corrected chi connectivity index (χ0v) is 11.5. The van der Waals surface area contributed by atoms with Crippen molar-refractivity contribution in [3.8, 4) is 5.75 Å². The van der Waals surface area contributed by atoms with Crippen molar-refractivity contribution in [3.63, 3.8) is 0 Å². The fourth-order valence-electron chi connectivity index (χ4n) is 1.69. The van der Waals surface area contributed by atoms with E-state index in [1.807, 2.05) is 13.8 Å². The Labute approximate surface area is 111 Å². The van der Waals surface area contributed by atoms with Gasteiger partial charge in [-0.2, -0.15) is 13.2 Å². The zero-order chi connectivity index (χ0) is 14.8. The van der Waals surface area contributed by atoms with Gasteiger partial charge in [-0.3, -0.25) is 0 Å². The standard InChI is InChI=1S/C14H19F3O2/c1-9(2)8-19-11-5-6-12(10(3)7-11)13(4,18)14(15,16)17/h5-7,9,18H,8H2,1-4H3. The summed E-state index contributed by atoms with van der Waals surface area (Å²) in [7, 11) is 0. The molecule has 1 unspecified atom stereocenters. The maximum Gasteiger partial charge on any atom is 0.421 e. The first-order valence-corrected chi connectivity index (χ1v) is 6.08. The molecule has 1 aromatic carbocycles. The second kappa shape index (κ2) is 5.41. The van der Waals surface area contributed by atoms with E-state index in [1.54, 1.807) is 0 Å². The number of ether oxygens (including phenoxy) is 1. The molecule has 0 saturated heterocycles. The lowest BCUT2D eigenvalue weighted by molar-refractivity contribution is -0.259. The van der Waals surface area contributed by atoms with Gasteiger partial charge in [0.15, 0.2) is 5.60 Å². The Morgan fingerprint density at radius 1 is 1.26 bits per heavy atom. The van der Waals surface area contributed by atoms with Gasteiger partial charge in [-0.05, 0) is 43.0 Å². The van der Waals surface area contributed by atoms with Crippen molar-refractivity contribution in [1.82, 2.24) is 0 Å². The summed E-state index contributed by atoms with van der Waals surface area (Å²) in [6, 6.07) is 4.22. The van der Waals surface area contributed by atoms with Gasteiger partial charge in [0.05, 0.1) is 6.61 Å². The maximum absolute atomic E-state index is 12.8. The topological polar surface area (TPSA) is 29.5 Å². The molecular weight excluding hydrogens is 257 g/mol. The first kappa shape index (κ1) is 15.8. The molecule has 0 aromatic heterocycles. The van der Waals surface area contributed by atoms with Crippen LogP contribution in [-0.2, 0) is 5.60 Å². The number of aryl methyl sites for hydroxylation is 1. The van der Waals surface area contributed by atoms with E-state index in [9.17, 15) is 18.3 Å². The summed E-state index contributed by atoms with van der Waals surface area (Å²) < 4.78 is 43.8. The molecule has 0 aliphatic carbocycles. The van der Waals surface area contributed by atoms with Gasteiger partial charge in [0.2, 0.25) is 0 Å². The van der Waals surface area contributed by atoms with Crippen LogP contribution in [0.2, 0.25) is 0 Å². The Balaban J connectivity index is 3.01. The molecule has 0 amide bonds. The molecule has 1 atom stereocenters. The molecule has 1 rings (SSSR count). The van der Waals surface area contributed by atoms with Gasteiger partial charge < -0.3 is 9.84 Å². The highest BCUT2D eigenvalue weighted by molar-refractivity contribution is 5.38. The third kappa shape index (κ3) is 3.62. The monoisotopic (exact) mass is 276 g/mol. The molecule has 0 aliphatic rings. The van der Waals surface area contributed by atoms with Crippen LogP contribution in [0.25, 0.3) is 0 Å². The van der Waals surface area contributed by atoms with Crippen molar-refractivity contribution in [1.29, 1.82) is 0 Å². The lowest BCUT2D eigenvalue weighted by Crippen LogP contribution is -2.39. The van der Waals surface area contributed by atoms with Crippen molar-refractivity contribution in [2.24, 2.45) is 5.92 Å². The fourth-order valence-corrected chi connectivity index (χ4v) is 1.69. The van der Waals surface area contributed by atoms with Crippen molar-refractivity contribution in [3.05, 3.63) is 29.3 Å². The lowest BCUT2D eigenvalue weighted by atomic mass is 9.91. The normalized spacial score (nSPS) is 15.4. The molecule has 0 heterocycles. The second-order valence-corrected chi connectivity index (χ2v) is 5.25. The highest BCUT2D eigenvalue weighted by atomic mass is 19.4. The first-order valence-electron chi connectivity index (χ1n) is 6.08. The highest BCUT2D eigenvalue weighted by Crippen LogP contribution is 2.40. The molecular formula is C14H19F3O2. The molecule has 0 aliphatic heterocycles. The summed E-state index contributed by atoms with van der Waals surface area (Å²) in [6.07, 6.45) is -4.71. The summed E-state index contributed by atoms with van der Waals surface area (Å²) in [4.78, 5) is 0. The van der Waals surface area contributed by atoms with E-state index < -0.39 is 11.8 Å². The SMILES string of the molecule is Cc1cc(OCC(C)C)ccc1C(C)(O)C(F)(F)F. The Hall–Kier alpha value is -1.23. The Morgan fingerprint density at radius 2 is 1.84 bits per heavy atom. The van der Waals surface area contributed by atoms with E-state index in [1.165, 1.54) is 25.1 Å². The van der Waals surface area contributed by atoms with Gasteiger partial charge in [0, 0.05) is 0 Å². The van der Waals surface area contributed by atoms with Crippen LogP contribution in [0.3, 0.4) is 0 Å². The van der Waals surface area contributed by atoms with Crippen molar-refractivity contribution in [2.75, 3.05) is 6.61 Å². The molecule has 1 aromatic rings. The van der Waals surface area contributed by atoms with Gasteiger partial charge in [-0.15, -0.1) is 0 Å². The molecule has 1 N–H and O–H groups in total. The number of benzene rings is 1. The lowest BCUT2D eigenvalue weighted by Gasteiger charge is -2.28. The third-order valence-electron chi connectivity index (χ3n) is 2.86. The highest BCUT2D eigenvalue weighted by Gasteiger charge is 2.51. The second-order valence-electron chi connectivity index (χ2n) is 5.25. The molecule has 0 fully saturated rings. The minimum Gasteiger partial charge on any atom is -0.493 e. The van der Waals surface area contributed by atoms with Crippen LogP contribution in [0, 0.1) is 12.8 Å². The van der Waals surface area contributed by atoms with Gasteiger partial charge in [-0.1, -0.05) is 19.9 Å². The van der Waals surface area contributed by atoms with E-state index in [2.05, 4.69) is 0 Å². The summed E-state index contributed by atoms with van der Waals surface area (Å²) in [5.74, 6) is 0.839. The third-order valence-corrected chi connectivity index (χ3v) is 2.86. The Morgan fingerprint density at radius 3 is 2.26 bits per heavy atom. The van der Waals surface area contributed by atoms with E-state index in [0.717, 1.165) is 6.92 Å². The van der Waals surface area contributed by atoms with Crippen LogP contribution in [0.5, 0.6) is 5.75 Å². The van der Waals surface area contributed by atoms with Crippen molar-refractivity contribution in [2.45, 2.75) is 39.5 Å². The maximum atomic E-state index is 12.8. The summed E-state index contributed by atoms with van der Waals surface area (Å²) in [6.45, 7) is 6.74. The Kier molecular flexibility index (Phi) is 4.50. The first-order chi connectivity index (χ1) is 8.55. The number of hydrogen-bond acceptors (Lipinski definition) is 2. The summed E-state index contributed by atoms with van der Waals surface area (Å²) in [5, 5.41) is 9.65. The van der Waals surface area contributed by atoms with E-state index in [4.69, 9.17) is 4.74 Å². The molecule has 0 spiro atoms. The van der Waals surface area contributed by atoms with Gasteiger partial charge in [0.25, 0.3) is 0 Å². The smallest absolute Gasteiger partial charge is 0.421 e. The molecule has 0 radical (unpaired) electrons. The summed E-state index contributed by atoms with van der Waals surface area (Å²) >= 11 is 0. The van der Waals surface area contributed by atoms with E-state index in [0.29, 0.717) is 23.8 Å². The molecule has 0 bridgehead atoms. The summed E-state index contributed by atoms with van der Waals surface area (Å²) in [5.41, 5.74) is -2.66. The molecule has 2 nitrogen and oxygen atoms in total. The van der Waals surface area contributed by atoms with Crippen molar-refractivity contribution < 1.29 is 23.0 Å². The zero-order valence-electron chi connectivity index (χ0n) is 11.5. The minimum absolute atomic E-state index is 0.156. The van der Waals surface area contributed by atoms with E-state index >= 15 is 0 Å². The van der Waals surface area contributed by atoms with Gasteiger partial charge >= 0.3 is 6.18 Å². The number of rotatable bonds is 4. The van der Waals surface area contributed by atoms with Crippen molar-refractivity contribution >= 4 is 0 Å². The quantitative estimate of drug-likeness (QED) is 0.906. The van der Waals surface area contributed by atoms with Crippen LogP contribution in [-0.4, -0.2) is 17.9 Å². The largest absolute Gasteiger partial charge is 0.493 e. The molecule has 5 heteroatoms. The fraction of sp³-hybridized carbons (Fsp3) is 0.571. The minimum atomic E-state index is -4.71. The number of hydrogen-bond donors (Lipinski definition) is 1. The molecule has 108 valence electrons. The van der Waals surface area contributed by atoms with Crippen LogP contribution in [0.15, 0.2) is 18.2 Å². The average Bonchev–Trinajstić information content (AvgIpc) is 2.24. The predicted molar refractivity (Wildman–Crippen MR) is 67.1 cm³/mol. The number of halogens is 3. The molecule has 19 heavy (non-hydrogen) atoms. The molecule has 0 saturated carbocycles. The average molecular weight is 276 g/mol. The number of aliphatic hydroxyl groups is 1. The Bertz CT molecular complexity index is 437. The van der Waals surface area contributed by atoms with Crippen LogP contribution >= 0.6 is 0 Å². The predicted octanol–water partition coefficient (Wildman–Crippen LogP) is 3.80. The van der Waals surface area contributed by atoms with Crippen LogP contribution in [0.1, 0.15) is 31.9 Å². The number of alkyl halides is 3. The van der Waals surface area contributed by atoms with Crippen LogP contribution < -0.4 is 4.74 Å². The van der Waals surface area contributed by atoms with Crippen LogP contribution in [0.4, 0.5) is 13.2 Å². The van der Waals surface area contributed by atoms with Gasteiger partial charge in [-0.25, -0.2) is 0 Å².